The Morgan fingerprint density at radius 1 is 1.50 bits per heavy atom. The number of hydrogen-bond acceptors (Lipinski definition) is 1. The van der Waals surface area contributed by atoms with Gasteiger partial charge in [0.1, 0.15) is 5.78 Å². The fraction of sp³-hybridized carbons (Fsp3) is 0.875. The summed E-state index contributed by atoms with van der Waals surface area (Å²) in [6.07, 6.45) is 2.80. The molecule has 2 heteroatoms. The summed E-state index contributed by atoms with van der Waals surface area (Å²) in [6.45, 7) is 4.03. The first-order valence-corrected chi connectivity index (χ1v) is 4.97. The second-order valence-corrected chi connectivity index (χ2v) is 3.11. The van der Waals surface area contributed by atoms with Crippen molar-refractivity contribution in [2.75, 3.05) is 5.33 Å². The lowest BCUT2D eigenvalue weighted by atomic mass is 9.99. The normalized spacial score (nSPS) is 13.1. The number of alkyl halides is 1. The Morgan fingerprint density at radius 3 is 2.40 bits per heavy atom. The molecule has 60 valence electrons. The summed E-state index contributed by atoms with van der Waals surface area (Å²) in [6, 6.07) is 0. The Hall–Kier alpha value is 0.150. The SMILES string of the molecule is CCCC(CBr)C(=O)CC. The van der Waals surface area contributed by atoms with E-state index in [1.807, 2.05) is 6.92 Å². The summed E-state index contributed by atoms with van der Waals surface area (Å²) in [4.78, 5) is 11.1. The molecular weight excluding hydrogens is 192 g/mol. The molecule has 0 bridgehead atoms. The van der Waals surface area contributed by atoms with Crippen LogP contribution in [0.2, 0.25) is 0 Å². The maximum Gasteiger partial charge on any atom is 0.136 e. The van der Waals surface area contributed by atoms with Crippen LogP contribution in [0.15, 0.2) is 0 Å². The van der Waals surface area contributed by atoms with E-state index in [9.17, 15) is 4.79 Å². The van der Waals surface area contributed by atoms with E-state index in [2.05, 4.69) is 22.9 Å². The molecule has 1 unspecified atom stereocenters. The van der Waals surface area contributed by atoms with E-state index in [0.717, 1.165) is 18.2 Å². The van der Waals surface area contributed by atoms with Crippen LogP contribution in [0.4, 0.5) is 0 Å². The van der Waals surface area contributed by atoms with Crippen molar-refractivity contribution < 1.29 is 4.79 Å². The summed E-state index contributed by atoms with van der Waals surface area (Å²) in [5, 5.41) is 0.827. The highest BCUT2D eigenvalue weighted by atomic mass is 79.9. The Kier molecular flexibility index (Phi) is 5.99. The highest BCUT2D eigenvalue weighted by Crippen LogP contribution is 2.12. The van der Waals surface area contributed by atoms with Crippen molar-refractivity contribution in [1.82, 2.24) is 0 Å². The maximum atomic E-state index is 11.1. The molecule has 0 aliphatic carbocycles. The van der Waals surface area contributed by atoms with Gasteiger partial charge in [0.05, 0.1) is 0 Å². The number of rotatable bonds is 5. The molecule has 0 aliphatic heterocycles. The molecule has 0 spiro atoms. The van der Waals surface area contributed by atoms with Crippen LogP contribution in [0.5, 0.6) is 0 Å². The molecule has 0 aromatic rings. The van der Waals surface area contributed by atoms with Gasteiger partial charge in [-0.05, 0) is 6.42 Å². The molecule has 0 N–H and O–H groups in total. The third-order valence-corrected chi connectivity index (χ3v) is 2.41. The molecule has 0 saturated heterocycles. The van der Waals surface area contributed by atoms with E-state index < -0.39 is 0 Å². The number of carbonyl (C=O) groups is 1. The Labute approximate surface area is 71.3 Å². The zero-order valence-corrected chi connectivity index (χ0v) is 8.28. The average Bonchev–Trinajstić information content (AvgIpc) is 1.99. The van der Waals surface area contributed by atoms with E-state index in [4.69, 9.17) is 0 Å². The van der Waals surface area contributed by atoms with Gasteiger partial charge in [-0.25, -0.2) is 0 Å². The van der Waals surface area contributed by atoms with Crippen LogP contribution in [0.1, 0.15) is 33.1 Å². The predicted octanol–water partition coefficient (Wildman–Crippen LogP) is 2.78. The van der Waals surface area contributed by atoms with E-state index in [1.165, 1.54) is 0 Å². The molecule has 0 amide bonds. The predicted molar refractivity (Wildman–Crippen MR) is 47.5 cm³/mol. The first-order chi connectivity index (χ1) is 4.76. The summed E-state index contributed by atoms with van der Waals surface area (Å²) in [7, 11) is 0. The van der Waals surface area contributed by atoms with E-state index in [0.29, 0.717) is 12.2 Å². The number of Topliss-reactive ketones (excluding diaryl/α,β-unsaturated/α-hetero) is 1. The first-order valence-electron chi connectivity index (χ1n) is 3.84. The largest absolute Gasteiger partial charge is 0.299 e. The maximum absolute atomic E-state index is 11.1. The minimum absolute atomic E-state index is 0.259. The van der Waals surface area contributed by atoms with Gasteiger partial charge in [-0.1, -0.05) is 36.2 Å². The van der Waals surface area contributed by atoms with Crippen molar-refractivity contribution in [2.24, 2.45) is 5.92 Å². The lowest BCUT2D eigenvalue weighted by Gasteiger charge is -2.08. The monoisotopic (exact) mass is 206 g/mol. The van der Waals surface area contributed by atoms with E-state index >= 15 is 0 Å². The molecular formula is C8H15BrO. The molecule has 0 saturated carbocycles. The van der Waals surface area contributed by atoms with Gasteiger partial charge in [-0.3, -0.25) is 4.79 Å². The lowest BCUT2D eigenvalue weighted by Crippen LogP contribution is -2.14. The van der Waals surface area contributed by atoms with Crippen LogP contribution >= 0.6 is 15.9 Å². The summed E-state index contributed by atoms with van der Waals surface area (Å²) < 4.78 is 0. The van der Waals surface area contributed by atoms with Crippen molar-refractivity contribution >= 4 is 21.7 Å². The van der Waals surface area contributed by atoms with Crippen molar-refractivity contribution in [3.63, 3.8) is 0 Å². The third-order valence-electron chi connectivity index (χ3n) is 1.63. The fourth-order valence-corrected chi connectivity index (χ4v) is 1.65. The number of halogens is 1. The Balaban J connectivity index is 3.68. The molecule has 1 nitrogen and oxygen atoms in total. The van der Waals surface area contributed by atoms with Crippen molar-refractivity contribution in [3.8, 4) is 0 Å². The molecule has 0 aromatic carbocycles. The summed E-state index contributed by atoms with van der Waals surface area (Å²) >= 11 is 3.34. The Bertz CT molecular complexity index is 101. The quantitative estimate of drug-likeness (QED) is 0.633. The molecule has 0 aromatic heterocycles. The van der Waals surface area contributed by atoms with E-state index in [1.54, 1.807) is 0 Å². The zero-order chi connectivity index (χ0) is 7.98. The van der Waals surface area contributed by atoms with Crippen molar-refractivity contribution in [1.29, 1.82) is 0 Å². The molecule has 10 heavy (non-hydrogen) atoms. The second kappa shape index (κ2) is 5.90. The number of ketones is 1. The molecule has 1 atom stereocenters. The molecule has 0 aliphatic rings. The summed E-state index contributed by atoms with van der Waals surface area (Å²) in [5.74, 6) is 0.647. The molecule has 0 fully saturated rings. The number of hydrogen-bond donors (Lipinski definition) is 0. The van der Waals surface area contributed by atoms with Gasteiger partial charge in [0, 0.05) is 17.7 Å². The second-order valence-electron chi connectivity index (χ2n) is 2.46. The van der Waals surface area contributed by atoms with Gasteiger partial charge < -0.3 is 0 Å². The van der Waals surface area contributed by atoms with Crippen LogP contribution in [0, 0.1) is 5.92 Å². The smallest absolute Gasteiger partial charge is 0.136 e. The van der Waals surface area contributed by atoms with Crippen LogP contribution in [0.25, 0.3) is 0 Å². The van der Waals surface area contributed by atoms with Crippen LogP contribution in [-0.4, -0.2) is 11.1 Å². The summed E-state index contributed by atoms with van der Waals surface area (Å²) in [5.41, 5.74) is 0. The highest BCUT2D eigenvalue weighted by Gasteiger charge is 2.12. The topological polar surface area (TPSA) is 17.1 Å². The van der Waals surface area contributed by atoms with Gasteiger partial charge in [0.15, 0.2) is 0 Å². The molecule has 0 radical (unpaired) electrons. The van der Waals surface area contributed by atoms with Gasteiger partial charge >= 0.3 is 0 Å². The molecule has 0 heterocycles. The Morgan fingerprint density at radius 2 is 2.10 bits per heavy atom. The van der Waals surface area contributed by atoms with Gasteiger partial charge in [0.25, 0.3) is 0 Å². The van der Waals surface area contributed by atoms with E-state index in [-0.39, 0.29) is 5.92 Å². The highest BCUT2D eigenvalue weighted by molar-refractivity contribution is 9.09. The van der Waals surface area contributed by atoms with Crippen LogP contribution in [0.3, 0.4) is 0 Å². The van der Waals surface area contributed by atoms with Gasteiger partial charge in [0.2, 0.25) is 0 Å². The van der Waals surface area contributed by atoms with Crippen molar-refractivity contribution in [2.45, 2.75) is 33.1 Å². The standard InChI is InChI=1S/C8H15BrO/c1-3-5-7(6-9)8(10)4-2/h7H,3-6H2,1-2H3. The van der Waals surface area contributed by atoms with Crippen molar-refractivity contribution in [3.05, 3.63) is 0 Å². The number of carbonyl (C=O) groups excluding carboxylic acids is 1. The average molecular weight is 207 g/mol. The van der Waals surface area contributed by atoms with Gasteiger partial charge in [-0.2, -0.15) is 0 Å². The zero-order valence-electron chi connectivity index (χ0n) is 6.69. The lowest BCUT2D eigenvalue weighted by molar-refractivity contribution is -0.122. The van der Waals surface area contributed by atoms with Gasteiger partial charge in [-0.15, -0.1) is 0 Å². The fourth-order valence-electron chi connectivity index (χ4n) is 0.961. The van der Waals surface area contributed by atoms with Crippen LogP contribution < -0.4 is 0 Å². The third kappa shape index (κ3) is 3.35. The first kappa shape index (κ1) is 10.2. The minimum atomic E-state index is 0.259. The minimum Gasteiger partial charge on any atom is -0.299 e. The van der Waals surface area contributed by atoms with Crippen LogP contribution in [-0.2, 0) is 4.79 Å². The molecule has 0 rings (SSSR count).